The summed E-state index contributed by atoms with van der Waals surface area (Å²) in [6.45, 7) is 0. The van der Waals surface area contributed by atoms with Crippen LogP contribution in [0.1, 0.15) is 12.8 Å². The van der Waals surface area contributed by atoms with Crippen LogP contribution in [-0.2, 0) is 23.2 Å². The average molecular weight is 259 g/mol. The van der Waals surface area contributed by atoms with Gasteiger partial charge in [-0.1, -0.05) is 0 Å². The normalized spacial score (nSPS) is 11.1. The Morgan fingerprint density at radius 2 is 1.71 bits per heavy atom. The second kappa shape index (κ2) is 6.63. The van der Waals surface area contributed by atoms with Crippen LogP contribution < -0.4 is 0 Å². The Hall–Kier alpha value is 0.190. The van der Waals surface area contributed by atoms with E-state index in [4.69, 9.17) is 13.6 Å². The smallest absolute Gasteiger partial charge is 0.287 e. The lowest BCUT2D eigenvalue weighted by Crippen LogP contribution is -2.07. The Labute approximate surface area is 93.6 Å². The standard InChI is InChI=1S/C6H11O5PS2/c1-9-12(14,10-2)11-5(7)3-4-6(8)13/h14H,3-4H2,1-2H3/p+1. The predicted octanol–water partition coefficient (Wildman–Crippen LogP) is 1.67. The molecule has 0 spiro atoms. The first kappa shape index (κ1) is 14.2. The maximum absolute atomic E-state index is 11.1. The molecule has 0 saturated carbocycles. The third-order valence-electron chi connectivity index (χ3n) is 1.22. The van der Waals surface area contributed by atoms with Crippen molar-refractivity contribution >= 4 is 43.1 Å². The molecule has 0 saturated heterocycles. The average Bonchev–Trinajstić information content (AvgIpc) is 2.14. The van der Waals surface area contributed by atoms with Crippen LogP contribution in [0, 0.1) is 0 Å². The van der Waals surface area contributed by atoms with E-state index >= 15 is 0 Å². The van der Waals surface area contributed by atoms with E-state index < -0.39 is 13.1 Å². The van der Waals surface area contributed by atoms with Crippen LogP contribution in [0.5, 0.6) is 0 Å². The summed E-state index contributed by atoms with van der Waals surface area (Å²) in [6, 6.07) is 0. The molecule has 14 heavy (non-hydrogen) atoms. The molecule has 0 aromatic carbocycles. The molecular weight excluding hydrogens is 247 g/mol. The van der Waals surface area contributed by atoms with Gasteiger partial charge in [-0.25, -0.2) is 9.32 Å². The fourth-order valence-corrected chi connectivity index (χ4v) is 1.56. The minimum atomic E-state index is -2.84. The van der Waals surface area contributed by atoms with Crippen molar-refractivity contribution in [2.45, 2.75) is 12.8 Å². The molecule has 0 aliphatic rings. The van der Waals surface area contributed by atoms with Crippen molar-refractivity contribution in [1.82, 2.24) is 0 Å². The quantitative estimate of drug-likeness (QED) is 0.561. The molecule has 0 aromatic heterocycles. The van der Waals surface area contributed by atoms with Crippen LogP contribution in [0.3, 0.4) is 0 Å². The van der Waals surface area contributed by atoms with Gasteiger partial charge in [0, 0.05) is 6.42 Å². The van der Waals surface area contributed by atoms with E-state index in [1.165, 1.54) is 14.2 Å². The molecule has 0 atom stereocenters. The van der Waals surface area contributed by atoms with Crippen molar-refractivity contribution in [2.24, 2.45) is 0 Å². The zero-order chi connectivity index (χ0) is 11.2. The Bertz CT molecular complexity index is 218. The van der Waals surface area contributed by atoms with Crippen LogP contribution in [-0.4, -0.2) is 25.3 Å². The maximum atomic E-state index is 11.1. The molecule has 0 rings (SSSR count). The van der Waals surface area contributed by atoms with Crippen molar-refractivity contribution in [3.63, 3.8) is 0 Å². The van der Waals surface area contributed by atoms with Gasteiger partial charge in [0.05, 0.1) is 20.6 Å². The Morgan fingerprint density at radius 1 is 1.21 bits per heavy atom. The highest BCUT2D eigenvalue weighted by molar-refractivity contribution is 8.47. The minimum absolute atomic E-state index is 0.0170. The predicted molar refractivity (Wildman–Crippen MR) is 59.2 cm³/mol. The Morgan fingerprint density at radius 3 is 2.07 bits per heavy atom. The van der Waals surface area contributed by atoms with Crippen LogP contribution >= 0.6 is 32.0 Å². The minimum Gasteiger partial charge on any atom is -0.287 e. The van der Waals surface area contributed by atoms with E-state index in [0.29, 0.717) is 0 Å². The lowest BCUT2D eigenvalue weighted by Gasteiger charge is -2.10. The van der Waals surface area contributed by atoms with Gasteiger partial charge in [0.1, 0.15) is 12.2 Å². The van der Waals surface area contributed by atoms with E-state index in [9.17, 15) is 9.59 Å². The van der Waals surface area contributed by atoms with Crippen molar-refractivity contribution < 1.29 is 23.2 Å². The number of hydrogen-bond donors (Lipinski definition) is 2. The highest BCUT2D eigenvalue weighted by Gasteiger charge is 2.42. The topological polar surface area (TPSA) is 61.8 Å². The SMILES string of the molecule is CO[P+](S)(OC)OC(=O)CCC(=O)S. The van der Waals surface area contributed by atoms with Gasteiger partial charge in [-0.05, 0) is 0 Å². The van der Waals surface area contributed by atoms with Crippen LogP contribution in [0.15, 0.2) is 0 Å². The molecule has 0 aliphatic heterocycles. The van der Waals surface area contributed by atoms with Crippen molar-refractivity contribution in [3.05, 3.63) is 0 Å². The molecule has 0 bridgehead atoms. The first-order valence-electron chi connectivity index (χ1n) is 3.61. The van der Waals surface area contributed by atoms with E-state index in [1.54, 1.807) is 0 Å². The monoisotopic (exact) mass is 259 g/mol. The molecular formula is C6H12O5PS2+. The summed E-state index contributed by atoms with van der Waals surface area (Å²) in [5.41, 5.74) is 0. The van der Waals surface area contributed by atoms with Gasteiger partial charge in [0.25, 0.3) is 0 Å². The first-order chi connectivity index (χ1) is 6.43. The molecule has 0 aromatic rings. The van der Waals surface area contributed by atoms with Gasteiger partial charge in [0.15, 0.2) is 5.12 Å². The fraction of sp³-hybridized carbons (Fsp3) is 0.667. The molecule has 0 amide bonds. The van der Waals surface area contributed by atoms with Crippen molar-refractivity contribution in [2.75, 3.05) is 14.2 Å². The van der Waals surface area contributed by atoms with Gasteiger partial charge in [-0.15, -0.1) is 12.6 Å². The van der Waals surface area contributed by atoms with Crippen molar-refractivity contribution in [3.8, 4) is 0 Å². The summed E-state index contributed by atoms with van der Waals surface area (Å²) >= 11 is 7.43. The number of thiol groups is 2. The summed E-state index contributed by atoms with van der Waals surface area (Å²) in [5, 5.41) is -0.375. The molecule has 0 unspecified atom stereocenters. The number of carbonyl (C=O) groups is 2. The van der Waals surface area contributed by atoms with Gasteiger partial charge in [0.2, 0.25) is 0 Å². The van der Waals surface area contributed by atoms with E-state index in [1.807, 2.05) is 0 Å². The van der Waals surface area contributed by atoms with Crippen LogP contribution in [0.4, 0.5) is 0 Å². The molecule has 0 heterocycles. The van der Waals surface area contributed by atoms with Crippen LogP contribution in [0.25, 0.3) is 0 Å². The zero-order valence-electron chi connectivity index (χ0n) is 7.80. The first-order valence-corrected chi connectivity index (χ1v) is 6.75. The number of hydrogen-bond acceptors (Lipinski definition) is 6. The Balaban J connectivity index is 3.97. The van der Waals surface area contributed by atoms with E-state index in [2.05, 4.69) is 24.9 Å². The highest BCUT2D eigenvalue weighted by atomic mass is 32.7. The second-order valence-electron chi connectivity index (χ2n) is 2.19. The molecule has 82 valence electrons. The van der Waals surface area contributed by atoms with Gasteiger partial charge in [-0.2, -0.15) is 9.05 Å². The summed E-state index contributed by atoms with van der Waals surface area (Å²) in [6.07, 6.45) is -0.0412. The van der Waals surface area contributed by atoms with Gasteiger partial charge < -0.3 is 0 Å². The fourth-order valence-electron chi connectivity index (χ4n) is 0.532. The van der Waals surface area contributed by atoms with E-state index in [-0.39, 0.29) is 18.0 Å². The third-order valence-corrected chi connectivity index (χ3v) is 4.03. The molecule has 5 nitrogen and oxygen atoms in total. The molecule has 0 radical (unpaired) electrons. The van der Waals surface area contributed by atoms with Crippen molar-refractivity contribution in [1.29, 1.82) is 0 Å². The highest BCUT2D eigenvalue weighted by Crippen LogP contribution is 2.65. The molecule has 0 fully saturated rings. The number of carbonyl (C=O) groups excluding carboxylic acids is 2. The lowest BCUT2D eigenvalue weighted by atomic mass is 10.3. The second-order valence-corrected chi connectivity index (χ2v) is 6.01. The molecule has 0 aliphatic carbocycles. The molecule has 8 heteroatoms. The molecule has 0 N–H and O–H groups in total. The maximum Gasteiger partial charge on any atom is 0.525 e. The number of rotatable bonds is 6. The van der Waals surface area contributed by atoms with Crippen LogP contribution in [0.2, 0.25) is 0 Å². The Kier molecular flexibility index (Phi) is 6.72. The van der Waals surface area contributed by atoms with Gasteiger partial charge >= 0.3 is 13.1 Å². The summed E-state index contributed by atoms with van der Waals surface area (Å²) in [7, 11) is -0.197. The summed E-state index contributed by atoms with van der Waals surface area (Å²) in [4.78, 5) is 21.5. The third kappa shape index (κ3) is 5.82. The van der Waals surface area contributed by atoms with E-state index in [0.717, 1.165) is 0 Å². The zero-order valence-corrected chi connectivity index (χ0v) is 10.5. The summed E-state index contributed by atoms with van der Waals surface area (Å²) in [5.74, 6) is -0.598. The largest absolute Gasteiger partial charge is 0.525 e. The lowest BCUT2D eigenvalue weighted by molar-refractivity contribution is -0.136. The van der Waals surface area contributed by atoms with Gasteiger partial charge in [-0.3, -0.25) is 4.79 Å². The summed E-state index contributed by atoms with van der Waals surface area (Å²) < 4.78 is 14.3.